The number of aromatic nitrogens is 2. The van der Waals surface area contributed by atoms with Gasteiger partial charge in [-0.15, -0.1) is 50.5 Å². The van der Waals surface area contributed by atoms with Crippen LogP contribution in [0.4, 0.5) is 0 Å². The number of rotatable bonds is 3. The molecule has 4 atom stereocenters. The van der Waals surface area contributed by atoms with Gasteiger partial charge in [-0.3, -0.25) is 4.99 Å². The number of hydrogen-bond acceptors (Lipinski definition) is 6. The Morgan fingerprint density at radius 3 is 2.42 bits per heavy atom. The van der Waals surface area contributed by atoms with Gasteiger partial charge in [0, 0.05) is 18.0 Å². The molecule has 1 aliphatic carbocycles. The van der Waals surface area contributed by atoms with Gasteiger partial charge >= 0.3 is 0 Å². The van der Waals surface area contributed by atoms with Crippen LogP contribution in [0.25, 0.3) is 0 Å². The van der Waals surface area contributed by atoms with Crippen LogP contribution in [0.5, 0.6) is 0 Å². The molecule has 1 fully saturated rings. The summed E-state index contributed by atoms with van der Waals surface area (Å²) >= 11 is 17.5. The number of nitrogens with zero attached hydrogens (tertiary/aromatic N) is 4. The molecule has 2 aliphatic rings. The molecule has 2 heterocycles. The highest BCUT2D eigenvalue weighted by atomic mass is 32.1. The zero-order valence-electron chi connectivity index (χ0n) is 13.8. The van der Waals surface area contributed by atoms with Gasteiger partial charge in [0.2, 0.25) is 0 Å². The van der Waals surface area contributed by atoms with Crippen LogP contribution in [0.15, 0.2) is 56.6 Å². The molecule has 2 aromatic rings. The summed E-state index contributed by atoms with van der Waals surface area (Å²) in [5, 5.41) is 2.41. The van der Waals surface area contributed by atoms with E-state index >= 15 is 0 Å². The lowest BCUT2D eigenvalue weighted by Gasteiger charge is -2.48. The molecule has 0 amide bonds. The van der Waals surface area contributed by atoms with Gasteiger partial charge in [0.15, 0.2) is 10.3 Å². The van der Waals surface area contributed by atoms with Crippen LogP contribution in [0.3, 0.4) is 0 Å². The third kappa shape index (κ3) is 3.69. The summed E-state index contributed by atoms with van der Waals surface area (Å²) in [6, 6.07) is 12.6. The molecule has 4 nitrogen and oxygen atoms in total. The number of hydrogen-bond donors (Lipinski definition) is 4. The van der Waals surface area contributed by atoms with E-state index in [2.05, 4.69) is 94.7 Å². The fourth-order valence-corrected chi connectivity index (χ4v) is 5.15. The van der Waals surface area contributed by atoms with Gasteiger partial charge in [0.25, 0.3) is 0 Å². The lowest BCUT2D eigenvalue weighted by molar-refractivity contribution is 0.169. The van der Waals surface area contributed by atoms with Gasteiger partial charge < -0.3 is 0 Å². The van der Waals surface area contributed by atoms with Crippen molar-refractivity contribution in [2.24, 2.45) is 15.9 Å². The second-order valence-electron chi connectivity index (χ2n) is 6.62. The van der Waals surface area contributed by atoms with E-state index in [4.69, 9.17) is 0 Å². The van der Waals surface area contributed by atoms with Crippen LogP contribution in [-0.4, -0.2) is 26.2 Å². The predicted molar refractivity (Wildman–Crippen MR) is 118 cm³/mol. The first kappa shape index (κ1) is 18.4. The first-order chi connectivity index (χ1) is 12.5. The van der Waals surface area contributed by atoms with Gasteiger partial charge in [0.05, 0.1) is 16.1 Å². The summed E-state index contributed by atoms with van der Waals surface area (Å²) in [6.07, 6.45) is 1.75. The Labute approximate surface area is 174 Å². The van der Waals surface area contributed by atoms with Crippen LogP contribution in [0.2, 0.25) is 0 Å². The molecule has 0 saturated heterocycles. The molecular weight excluding hydrogens is 400 g/mol. The molecule has 1 aliphatic heterocycles. The first-order valence-corrected chi connectivity index (χ1v) is 10.2. The Bertz CT molecular complexity index is 864. The minimum absolute atomic E-state index is 0.140. The maximum atomic E-state index is 4.68. The van der Waals surface area contributed by atoms with Crippen LogP contribution in [-0.2, 0) is 0 Å². The van der Waals surface area contributed by atoms with E-state index in [-0.39, 0.29) is 6.04 Å². The molecule has 0 bridgehead atoms. The average Bonchev–Trinajstić information content (AvgIpc) is 2.53. The summed E-state index contributed by atoms with van der Waals surface area (Å²) in [6.45, 7) is 0. The Kier molecular flexibility index (Phi) is 5.36. The van der Waals surface area contributed by atoms with Crippen LogP contribution < -0.4 is 0 Å². The van der Waals surface area contributed by atoms with Gasteiger partial charge in [-0.2, -0.15) is 0 Å². The zero-order chi connectivity index (χ0) is 18.3. The Morgan fingerprint density at radius 2 is 1.73 bits per heavy atom. The standard InChI is InChI=1S/C18H18N4S4/c23-14-7-12(19-17(25)21-14)10-6-11(13-8-15(24)22-18(26)20-13)16(10)9-4-2-1-3-5-9/h1-5,7,10-11,13,16H,6,8H2,(H2,19,21,23,25)(H2,20,22,24,26)/t10-,11-,13?,16+/m1/s1. The van der Waals surface area contributed by atoms with E-state index in [1.807, 2.05) is 12.1 Å². The Hall–Kier alpha value is -0.960. The van der Waals surface area contributed by atoms with Crippen LogP contribution in [0.1, 0.15) is 35.9 Å². The molecule has 1 unspecified atom stereocenters. The van der Waals surface area contributed by atoms with Gasteiger partial charge in [-0.1, -0.05) is 30.3 Å². The molecule has 26 heavy (non-hydrogen) atoms. The smallest absolute Gasteiger partial charge is 0.185 e. The largest absolute Gasteiger partial charge is 0.257 e. The molecule has 1 aromatic heterocycles. The van der Waals surface area contributed by atoms with Crippen molar-refractivity contribution in [1.82, 2.24) is 9.97 Å². The van der Waals surface area contributed by atoms with Crippen LogP contribution in [0, 0.1) is 5.92 Å². The molecule has 0 spiro atoms. The van der Waals surface area contributed by atoms with E-state index in [0.29, 0.717) is 33.1 Å². The van der Waals surface area contributed by atoms with Crippen molar-refractivity contribution in [1.29, 1.82) is 0 Å². The van der Waals surface area contributed by atoms with Crippen molar-refractivity contribution in [2.75, 3.05) is 0 Å². The Balaban J connectivity index is 1.68. The van der Waals surface area contributed by atoms with Crippen molar-refractivity contribution in [2.45, 2.75) is 40.9 Å². The summed E-state index contributed by atoms with van der Waals surface area (Å²) in [5.41, 5.74) is 2.29. The topological polar surface area (TPSA) is 50.5 Å². The average molecular weight is 419 g/mol. The lowest BCUT2D eigenvalue weighted by Crippen LogP contribution is -2.42. The van der Waals surface area contributed by atoms with Crippen molar-refractivity contribution >= 4 is 60.7 Å². The molecule has 0 N–H and O–H groups in total. The summed E-state index contributed by atoms with van der Waals surface area (Å²) < 4.78 is 0. The molecule has 0 radical (unpaired) electrons. The monoisotopic (exact) mass is 418 g/mol. The molecule has 134 valence electrons. The van der Waals surface area contributed by atoms with Crippen LogP contribution >= 0.6 is 50.5 Å². The SMILES string of the molecule is SC1=NC(S)=NC([C@H]2C[C@H](c3cc(S)nc(S)n3)[C@@H]2c2ccccc2)C1. The minimum Gasteiger partial charge on any atom is -0.257 e. The number of amidine groups is 1. The van der Waals surface area contributed by atoms with Crippen molar-refractivity contribution in [3.05, 3.63) is 47.7 Å². The minimum atomic E-state index is 0.140. The first-order valence-electron chi connectivity index (χ1n) is 8.36. The number of thiol groups is 4. The summed E-state index contributed by atoms with van der Waals surface area (Å²) in [5.74, 6) is 1.01. The summed E-state index contributed by atoms with van der Waals surface area (Å²) in [7, 11) is 0. The van der Waals surface area contributed by atoms with E-state index in [1.165, 1.54) is 5.56 Å². The third-order valence-corrected chi connectivity index (χ3v) is 6.03. The van der Waals surface area contributed by atoms with Gasteiger partial charge in [-0.25, -0.2) is 15.0 Å². The molecule has 4 rings (SSSR count). The second kappa shape index (κ2) is 7.58. The van der Waals surface area contributed by atoms with Crippen molar-refractivity contribution < 1.29 is 0 Å². The van der Waals surface area contributed by atoms with E-state index in [0.717, 1.165) is 23.6 Å². The fourth-order valence-electron chi connectivity index (χ4n) is 3.99. The predicted octanol–water partition coefficient (Wildman–Crippen LogP) is 4.33. The van der Waals surface area contributed by atoms with Gasteiger partial charge in [0.1, 0.15) is 0 Å². The van der Waals surface area contributed by atoms with E-state index in [9.17, 15) is 0 Å². The van der Waals surface area contributed by atoms with E-state index in [1.54, 1.807) is 0 Å². The normalized spacial score (nSPS) is 28.2. The second-order valence-corrected chi connectivity index (χ2v) is 8.40. The highest BCUT2D eigenvalue weighted by Crippen LogP contribution is 2.56. The number of aliphatic imine (C=N–C) groups is 2. The maximum absolute atomic E-state index is 4.68. The maximum Gasteiger partial charge on any atom is 0.185 e. The fraction of sp³-hybridized carbons (Fsp3) is 0.333. The highest BCUT2D eigenvalue weighted by molar-refractivity contribution is 7.98. The molecule has 8 heteroatoms. The molecular formula is C18H18N4S4. The Morgan fingerprint density at radius 1 is 0.962 bits per heavy atom. The van der Waals surface area contributed by atoms with Crippen molar-refractivity contribution in [3.63, 3.8) is 0 Å². The summed E-state index contributed by atoms with van der Waals surface area (Å²) in [4.78, 5) is 17.6. The van der Waals surface area contributed by atoms with Gasteiger partial charge in [-0.05, 0) is 29.9 Å². The molecule has 1 saturated carbocycles. The quantitative estimate of drug-likeness (QED) is 0.341. The third-order valence-electron chi connectivity index (χ3n) is 5.10. The number of benzene rings is 1. The van der Waals surface area contributed by atoms with Crippen molar-refractivity contribution in [3.8, 4) is 0 Å². The van der Waals surface area contributed by atoms with E-state index < -0.39 is 0 Å². The lowest BCUT2D eigenvalue weighted by atomic mass is 9.58. The highest BCUT2D eigenvalue weighted by Gasteiger charge is 2.47. The zero-order valence-corrected chi connectivity index (χ0v) is 17.3. The molecule has 1 aromatic carbocycles.